The van der Waals surface area contributed by atoms with Crippen molar-refractivity contribution in [2.75, 3.05) is 47.6 Å². The van der Waals surface area contributed by atoms with Crippen LogP contribution in [0.1, 0.15) is 39.2 Å². The fraction of sp³-hybridized carbons (Fsp3) is 0.323. The summed E-state index contributed by atoms with van der Waals surface area (Å²) >= 11 is 2.75. The standard InChI is InChI=1S/C31H33N7O3S2/c39-25(34-28-26(23-13-7-8-14-24(23)43-28)27(40)32-19-21-9-3-1-4-10-21)20-42-31-36-29(33-22-11-5-2-6-12-22)35-30(37-31)38-15-17-41-18-16-38/h1-6,9-12H,7-8,13-20H2,(H,32,40)(H,34,39)(H,33,35,36,37). The number of amides is 2. The molecule has 0 radical (unpaired) electrons. The topological polar surface area (TPSA) is 121 Å². The Kier molecular flexibility index (Phi) is 9.46. The van der Waals surface area contributed by atoms with Crippen molar-refractivity contribution >= 4 is 57.5 Å². The van der Waals surface area contributed by atoms with E-state index in [1.165, 1.54) is 28.0 Å². The fourth-order valence-corrected chi connectivity index (χ4v) is 7.01. The van der Waals surface area contributed by atoms with Gasteiger partial charge in [-0.1, -0.05) is 60.3 Å². The lowest BCUT2D eigenvalue weighted by molar-refractivity contribution is -0.113. The molecule has 1 saturated heterocycles. The van der Waals surface area contributed by atoms with Crippen LogP contribution < -0.4 is 20.9 Å². The Morgan fingerprint density at radius 3 is 2.47 bits per heavy atom. The molecule has 2 aromatic carbocycles. The van der Waals surface area contributed by atoms with Crippen molar-refractivity contribution in [2.24, 2.45) is 0 Å². The lowest BCUT2D eigenvalue weighted by atomic mass is 9.95. The van der Waals surface area contributed by atoms with Gasteiger partial charge in [0.05, 0.1) is 24.5 Å². The van der Waals surface area contributed by atoms with Crippen LogP contribution in [0.25, 0.3) is 0 Å². The van der Waals surface area contributed by atoms with Crippen molar-refractivity contribution in [3.05, 3.63) is 82.2 Å². The van der Waals surface area contributed by atoms with Crippen LogP contribution in [0, 0.1) is 0 Å². The minimum absolute atomic E-state index is 0.0883. The van der Waals surface area contributed by atoms with Crippen molar-refractivity contribution in [1.82, 2.24) is 20.3 Å². The molecular formula is C31H33N7O3S2. The number of morpholine rings is 1. The molecule has 0 atom stereocenters. The van der Waals surface area contributed by atoms with Crippen molar-refractivity contribution in [2.45, 2.75) is 37.4 Å². The number of aryl methyl sites for hydroxylation is 1. The highest BCUT2D eigenvalue weighted by molar-refractivity contribution is 7.99. The first-order valence-corrected chi connectivity index (χ1v) is 16.2. The average Bonchev–Trinajstić information content (AvgIpc) is 3.41. The van der Waals surface area contributed by atoms with Crippen molar-refractivity contribution in [3.63, 3.8) is 0 Å². The Hall–Kier alpha value is -4.00. The predicted octanol–water partition coefficient (Wildman–Crippen LogP) is 5.05. The molecule has 3 heterocycles. The first-order chi connectivity index (χ1) is 21.1. The van der Waals surface area contributed by atoms with E-state index in [0.29, 0.717) is 60.5 Å². The van der Waals surface area contributed by atoms with Crippen LogP contribution in [0.15, 0.2) is 65.8 Å². The molecule has 3 N–H and O–H groups in total. The molecule has 0 unspecified atom stereocenters. The van der Waals surface area contributed by atoms with Crippen molar-refractivity contribution in [3.8, 4) is 0 Å². The highest BCUT2D eigenvalue weighted by Crippen LogP contribution is 2.38. The van der Waals surface area contributed by atoms with E-state index >= 15 is 0 Å². The third-order valence-electron chi connectivity index (χ3n) is 7.21. The quantitative estimate of drug-likeness (QED) is 0.210. The Bertz CT molecular complexity index is 1560. The molecule has 0 bridgehead atoms. The molecule has 2 amide bonds. The van der Waals surface area contributed by atoms with Gasteiger partial charge in [-0.15, -0.1) is 11.3 Å². The summed E-state index contributed by atoms with van der Waals surface area (Å²) in [5.41, 5.74) is 3.54. The number of nitrogens with one attached hydrogen (secondary N) is 3. The van der Waals surface area contributed by atoms with Gasteiger partial charge in [0.25, 0.3) is 5.91 Å². The first kappa shape index (κ1) is 29.1. The summed E-state index contributed by atoms with van der Waals surface area (Å²) in [5.74, 6) is 0.671. The van der Waals surface area contributed by atoms with E-state index < -0.39 is 0 Å². The molecule has 1 aliphatic heterocycles. The van der Waals surface area contributed by atoms with Gasteiger partial charge in [0.15, 0.2) is 5.16 Å². The third kappa shape index (κ3) is 7.51. The number of carbonyl (C=O) groups excluding carboxylic acids is 2. The van der Waals surface area contributed by atoms with Crippen molar-refractivity contribution < 1.29 is 14.3 Å². The Morgan fingerprint density at radius 1 is 0.930 bits per heavy atom. The number of aromatic nitrogens is 3. The van der Waals surface area contributed by atoms with Gasteiger partial charge < -0.3 is 25.6 Å². The molecule has 10 nitrogen and oxygen atoms in total. The van der Waals surface area contributed by atoms with Gasteiger partial charge in [-0.05, 0) is 48.9 Å². The maximum atomic E-state index is 13.4. The number of rotatable bonds is 10. The number of benzene rings is 2. The van der Waals surface area contributed by atoms with E-state index in [4.69, 9.17) is 4.74 Å². The summed E-state index contributed by atoms with van der Waals surface area (Å²) in [5, 5.41) is 10.4. The largest absolute Gasteiger partial charge is 0.378 e. The minimum Gasteiger partial charge on any atom is -0.378 e. The number of ether oxygens (including phenoxy) is 1. The van der Waals surface area contributed by atoms with Gasteiger partial charge in [-0.3, -0.25) is 9.59 Å². The number of para-hydroxylation sites is 1. The molecule has 222 valence electrons. The van der Waals surface area contributed by atoms with Crippen LogP contribution in [0.2, 0.25) is 0 Å². The number of hydrogen-bond acceptors (Lipinski definition) is 10. The molecule has 6 rings (SSSR count). The SMILES string of the molecule is O=C(CSc1nc(Nc2ccccc2)nc(N2CCOCC2)n1)Nc1sc2c(c1C(=O)NCc1ccccc1)CCCC2. The number of carbonyl (C=O) groups is 2. The number of fused-ring (bicyclic) bond motifs is 1. The minimum atomic E-state index is -0.216. The van der Waals surface area contributed by atoms with Gasteiger partial charge in [0, 0.05) is 30.2 Å². The van der Waals surface area contributed by atoms with E-state index in [-0.39, 0.29) is 17.6 Å². The van der Waals surface area contributed by atoms with Gasteiger partial charge in [0.2, 0.25) is 17.8 Å². The van der Waals surface area contributed by atoms with Crippen LogP contribution >= 0.6 is 23.1 Å². The fourth-order valence-electron chi connectivity index (χ4n) is 5.08. The predicted molar refractivity (Wildman–Crippen MR) is 171 cm³/mol. The number of anilines is 4. The first-order valence-electron chi connectivity index (χ1n) is 14.4. The van der Waals surface area contributed by atoms with E-state index in [2.05, 4.69) is 35.8 Å². The highest BCUT2D eigenvalue weighted by Gasteiger charge is 2.26. The maximum absolute atomic E-state index is 13.4. The zero-order valence-electron chi connectivity index (χ0n) is 23.7. The summed E-state index contributed by atoms with van der Waals surface area (Å²) in [7, 11) is 0. The summed E-state index contributed by atoms with van der Waals surface area (Å²) in [6.07, 6.45) is 3.90. The zero-order valence-corrected chi connectivity index (χ0v) is 25.3. The molecular weight excluding hydrogens is 583 g/mol. The smallest absolute Gasteiger partial charge is 0.254 e. The van der Waals surface area contributed by atoms with E-state index in [9.17, 15) is 9.59 Å². The number of thiophene rings is 1. The van der Waals surface area contributed by atoms with Crippen molar-refractivity contribution in [1.29, 1.82) is 0 Å². The van der Waals surface area contributed by atoms with Gasteiger partial charge in [0.1, 0.15) is 5.00 Å². The Morgan fingerprint density at radius 2 is 1.67 bits per heavy atom. The van der Waals surface area contributed by atoms with E-state index in [1.807, 2.05) is 60.7 Å². The number of thioether (sulfide) groups is 1. The molecule has 0 spiro atoms. The monoisotopic (exact) mass is 615 g/mol. The summed E-state index contributed by atoms with van der Waals surface area (Å²) in [6.45, 7) is 2.99. The molecule has 2 aliphatic rings. The van der Waals surface area contributed by atoms with Crippen LogP contribution in [0.5, 0.6) is 0 Å². The summed E-state index contributed by atoms with van der Waals surface area (Å²) in [4.78, 5) is 43.8. The van der Waals surface area contributed by atoms with E-state index in [1.54, 1.807) is 0 Å². The van der Waals surface area contributed by atoms with Gasteiger partial charge in [-0.2, -0.15) is 15.0 Å². The summed E-state index contributed by atoms with van der Waals surface area (Å²) < 4.78 is 5.49. The van der Waals surface area contributed by atoms with Crippen LogP contribution in [0.4, 0.5) is 22.6 Å². The van der Waals surface area contributed by atoms with E-state index in [0.717, 1.165) is 42.5 Å². The number of hydrogen-bond donors (Lipinski definition) is 3. The lowest BCUT2D eigenvalue weighted by Crippen LogP contribution is -2.37. The lowest BCUT2D eigenvalue weighted by Gasteiger charge is -2.27. The highest BCUT2D eigenvalue weighted by atomic mass is 32.2. The Balaban J connectivity index is 1.16. The second-order valence-electron chi connectivity index (χ2n) is 10.3. The molecule has 43 heavy (non-hydrogen) atoms. The molecule has 1 fully saturated rings. The molecule has 1 aliphatic carbocycles. The average molecular weight is 616 g/mol. The summed E-state index contributed by atoms with van der Waals surface area (Å²) in [6, 6.07) is 19.5. The van der Waals surface area contributed by atoms with Crippen LogP contribution in [-0.2, 0) is 28.9 Å². The third-order valence-corrected chi connectivity index (χ3v) is 9.26. The normalized spacial score (nSPS) is 14.6. The number of nitrogens with zero attached hydrogens (tertiary/aromatic N) is 4. The molecule has 0 saturated carbocycles. The van der Waals surface area contributed by atoms with Crippen LogP contribution in [-0.4, -0.2) is 58.8 Å². The maximum Gasteiger partial charge on any atom is 0.254 e. The molecule has 2 aromatic heterocycles. The van der Waals surface area contributed by atoms with Gasteiger partial charge in [-0.25, -0.2) is 0 Å². The zero-order chi connectivity index (χ0) is 29.4. The Labute approximate surface area is 258 Å². The van der Waals surface area contributed by atoms with Gasteiger partial charge >= 0.3 is 0 Å². The second-order valence-corrected chi connectivity index (χ2v) is 12.3. The molecule has 12 heteroatoms. The van der Waals surface area contributed by atoms with Crippen LogP contribution in [0.3, 0.4) is 0 Å². The molecule has 4 aromatic rings. The second kappa shape index (κ2) is 14.0.